The van der Waals surface area contributed by atoms with Gasteiger partial charge in [0.2, 0.25) is 0 Å². The predicted octanol–water partition coefficient (Wildman–Crippen LogP) is 6.59. The fourth-order valence-corrected chi connectivity index (χ4v) is 5.90. The van der Waals surface area contributed by atoms with E-state index < -0.39 is 30.0 Å². The molecule has 0 saturated carbocycles. The van der Waals surface area contributed by atoms with Crippen molar-refractivity contribution in [3.63, 3.8) is 0 Å². The highest BCUT2D eigenvalue weighted by Gasteiger charge is 2.41. The lowest BCUT2D eigenvalue weighted by Crippen LogP contribution is -2.38. The van der Waals surface area contributed by atoms with E-state index in [2.05, 4.69) is 9.88 Å². The maximum absolute atomic E-state index is 13.6. The molecule has 0 spiro atoms. The van der Waals surface area contributed by atoms with Crippen molar-refractivity contribution in [2.75, 3.05) is 25.1 Å². The number of amides is 1. The van der Waals surface area contributed by atoms with Crippen LogP contribution in [0, 0.1) is 6.92 Å². The molecule has 2 aromatic heterocycles. The summed E-state index contributed by atoms with van der Waals surface area (Å²) in [7, 11) is 3.32. The Labute approximate surface area is 258 Å². The Morgan fingerprint density at radius 2 is 1.87 bits per heavy atom. The number of carbonyl (C=O) groups is 2. The zero-order valence-corrected chi connectivity index (χ0v) is 25.3. The molecule has 6 rings (SSSR count). The second-order valence-electron chi connectivity index (χ2n) is 11.4. The number of imidazole rings is 1. The molecule has 1 amide bonds. The molecule has 2 fully saturated rings. The molecule has 4 aromatic rings. The summed E-state index contributed by atoms with van der Waals surface area (Å²) >= 11 is 0. The molecule has 45 heavy (non-hydrogen) atoms. The third-order valence-electron chi connectivity index (χ3n) is 8.50. The first kappa shape index (κ1) is 30.2. The number of benzene rings is 2. The van der Waals surface area contributed by atoms with Gasteiger partial charge in [-0.25, -0.2) is 14.8 Å². The summed E-state index contributed by atoms with van der Waals surface area (Å²) in [4.78, 5) is 37.8. The highest BCUT2D eigenvalue weighted by molar-refractivity contribution is 5.80. The summed E-state index contributed by atoms with van der Waals surface area (Å²) < 4.78 is 53.9. The number of ether oxygens (including phenoxy) is 2. The minimum atomic E-state index is -4.53. The fourth-order valence-electron chi connectivity index (χ4n) is 5.90. The van der Waals surface area contributed by atoms with Crippen LogP contribution in [0.3, 0.4) is 0 Å². The van der Waals surface area contributed by atoms with E-state index in [9.17, 15) is 22.8 Å². The first-order valence-corrected chi connectivity index (χ1v) is 14.5. The van der Waals surface area contributed by atoms with Gasteiger partial charge in [-0.05, 0) is 68.3 Å². The molecule has 0 N–H and O–H groups in total. The number of anilines is 1. The number of aromatic nitrogens is 3. The van der Waals surface area contributed by atoms with Crippen molar-refractivity contribution < 1.29 is 32.2 Å². The van der Waals surface area contributed by atoms with E-state index in [0.717, 1.165) is 49.3 Å². The molecule has 2 atom stereocenters. The van der Waals surface area contributed by atoms with Crippen molar-refractivity contribution in [2.24, 2.45) is 7.05 Å². The molecule has 0 unspecified atom stereocenters. The van der Waals surface area contributed by atoms with Gasteiger partial charge < -0.3 is 18.9 Å². The van der Waals surface area contributed by atoms with Crippen molar-refractivity contribution in [3.05, 3.63) is 82.8 Å². The molecular formula is C33H32F3N5O4. The number of hydrogen-bond donors (Lipinski definition) is 0. The van der Waals surface area contributed by atoms with Gasteiger partial charge in [0.15, 0.2) is 6.29 Å². The largest absolute Gasteiger partial charge is 0.496 e. The number of alkyl halides is 3. The number of cyclic esters (lactones) is 1. The number of halogens is 3. The number of aldehydes is 1. The van der Waals surface area contributed by atoms with Crippen LogP contribution < -0.4 is 9.64 Å². The van der Waals surface area contributed by atoms with Crippen LogP contribution in [-0.2, 0) is 24.5 Å². The lowest BCUT2D eigenvalue weighted by atomic mass is 9.97. The average Bonchev–Trinajstić information content (AvgIpc) is 3.49. The normalized spacial score (nSPS) is 18.2. The number of hydrogen-bond acceptors (Lipinski definition) is 7. The standard InChI is InChI=1S/C33H32F3N5O4/c1-19-12-22(14-23(13-19)33(34,35)36)30-20(2)41(32(43)45-30)17-27-25(7-9-29(38-27)40-10-5-11-40)26-15-21(6-8-28(26)44-4)31-37-16-24(18-42)39(31)3/h6-9,12-16,18,20,30H,5,10-11,17H2,1-4H3/t20-,30-/m0/s1. The van der Waals surface area contributed by atoms with Gasteiger partial charge in [0.05, 0.1) is 37.2 Å². The Hall–Kier alpha value is -4.87. The summed E-state index contributed by atoms with van der Waals surface area (Å²) in [5, 5.41) is 0. The lowest BCUT2D eigenvalue weighted by Gasteiger charge is -2.33. The van der Waals surface area contributed by atoms with E-state index >= 15 is 0 Å². The average molecular weight is 620 g/mol. The zero-order valence-electron chi connectivity index (χ0n) is 25.3. The van der Waals surface area contributed by atoms with Crippen LogP contribution in [0.4, 0.5) is 23.8 Å². The minimum Gasteiger partial charge on any atom is -0.496 e. The van der Waals surface area contributed by atoms with Crippen molar-refractivity contribution in [3.8, 4) is 28.3 Å². The topological polar surface area (TPSA) is 89.8 Å². The maximum atomic E-state index is 13.6. The Bertz CT molecular complexity index is 1780. The van der Waals surface area contributed by atoms with Crippen LogP contribution in [0.25, 0.3) is 22.5 Å². The number of pyridine rings is 1. The van der Waals surface area contributed by atoms with Crippen molar-refractivity contribution >= 4 is 18.2 Å². The molecule has 234 valence electrons. The molecule has 0 radical (unpaired) electrons. The van der Waals surface area contributed by atoms with Gasteiger partial charge in [-0.3, -0.25) is 9.69 Å². The van der Waals surface area contributed by atoms with Crippen molar-refractivity contribution in [1.29, 1.82) is 0 Å². The van der Waals surface area contributed by atoms with Crippen LogP contribution in [0.15, 0.2) is 54.7 Å². The van der Waals surface area contributed by atoms with Crippen molar-refractivity contribution in [2.45, 2.75) is 45.1 Å². The number of rotatable bonds is 8. The van der Waals surface area contributed by atoms with E-state index in [1.54, 1.807) is 38.6 Å². The molecule has 12 heteroatoms. The second-order valence-corrected chi connectivity index (χ2v) is 11.4. The lowest BCUT2D eigenvalue weighted by molar-refractivity contribution is -0.137. The van der Waals surface area contributed by atoms with Gasteiger partial charge >= 0.3 is 12.3 Å². The Kier molecular flexibility index (Phi) is 7.75. The Balaban J connectivity index is 1.40. The molecule has 0 aliphatic carbocycles. The van der Waals surface area contributed by atoms with Gasteiger partial charge in [0.25, 0.3) is 0 Å². The summed E-state index contributed by atoms with van der Waals surface area (Å²) in [5.74, 6) is 1.92. The summed E-state index contributed by atoms with van der Waals surface area (Å²) in [6.07, 6.45) is -2.77. The molecule has 2 aromatic carbocycles. The minimum absolute atomic E-state index is 0.0521. The summed E-state index contributed by atoms with van der Waals surface area (Å²) in [5.41, 5.74) is 3.08. The third-order valence-corrected chi connectivity index (χ3v) is 8.50. The second kappa shape index (κ2) is 11.6. The Morgan fingerprint density at radius 3 is 2.51 bits per heavy atom. The van der Waals surface area contributed by atoms with Crippen LogP contribution in [0.5, 0.6) is 5.75 Å². The fraction of sp³-hybridized carbons (Fsp3) is 0.333. The smallest absolute Gasteiger partial charge is 0.416 e. The molecule has 0 bridgehead atoms. The number of aryl methyl sites for hydroxylation is 1. The predicted molar refractivity (Wildman–Crippen MR) is 161 cm³/mol. The van der Waals surface area contributed by atoms with Gasteiger partial charge in [-0.1, -0.05) is 11.6 Å². The van der Waals surface area contributed by atoms with Crippen LogP contribution in [0.1, 0.15) is 52.3 Å². The SMILES string of the molecule is COc1ccc(-c2ncc(C=O)n2C)cc1-c1ccc(N2CCC2)nc1CN1C(=O)O[C@H](c2cc(C)cc(C(F)(F)F)c2)[C@@H]1C. The number of methoxy groups -OCH3 is 1. The first-order chi connectivity index (χ1) is 21.5. The summed E-state index contributed by atoms with van der Waals surface area (Å²) in [6, 6.07) is 12.6. The van der Waals surface area contributed by atoms with E-state index in [4.69, 9.17) is 14.5 Å². The highest BCUT2D eigenvalue weighted by Crippen LogP contribution is 2.40. The van der Waals surface area contributed by atoms with Gasteiger partial charge in [-0.15, -0.1) is 0 Å². The maximum Gasteiger partial charge on any atom is 0.416 e. The third kappa shape index (κ3) is 5.60. The number of nitrogens with zero attached hydrogens (tertiary/aromatic N) is 5. The molecule has 2 aliphatic heterocycles. The van der Waals surface area contributed by atoms with Gasteiger partial charge in [0.1, 0.15) is 29.2 Å². The van der Waals surface area contributed by atoms with Crippen LogP contribution in [0.2, 0.25) is 0 Å². The van der Waals surface area contributed by atoms with Crippen LogP contribution >= 0.6 is 0 Å². The Morgan fingerprint density at radius 1 is 1.09 bits per heavy atom. The zero-order chi connectivity index (χ0) is 32.0. The van der Waals surface area contributed by atoms with E-state index in [1.165, 1.54) is 11.1 Å². The van der Waals surface area contributed by atoms with Crippen molar-refractivity contribution in [1.82, 2.24) is 19.4 Å². The number of carbonyl (C=O) groups excluding carboxylic acids is 2. The van der Waals surface area contributed by atoms with E-state index in [0.29, 0.717) is 39.7 Å². The van der Waals surface area contributed by atoms with Gasteiger partial charge in [0, 0.05) is 36.8 Å². The summed E-state index contributed by atoms with van der Waals surface area (Å²) in [6.45, 7) is 5.12. The van der Waals surface area contributed by atoms with Crippen LogP contribution in [-0.4, -0.2) is 58.1 Å². The van der Waals surface area contributed by atoms with Gasteiger partial charge in [-0.2, -0.15) is 13.2 Å². The molecular weight excluding hydrogens is 587 g/mol. The molecule has 2 saturated heterocycles. The quantitative estimate of drug-likeness (QED) is 0.206. The first-order valence-electron chi connectivity index (χ1n) is 14.5. The molecule has 4 heterocycles. The molecule has 9 nitrogen and oxygen atoms in total. The van der Waals surface area contributed by atoms with E-state index in [-0.39, 0.29) is 12.1 Å². The monoisotopic (exact) mass is 619 g/mol. The van der Waals surface area contributed by atoms with E-state index in [1.807, 2.05) is 30.3 Å². The highest BCUT2D eigenvalue weighted by atomic mass is 19.4. The molecule has 2 aliphatic rings.